The number of nitrogens with zero attached hydrogens (tertiary/aromatic N) is 2. The van der Waals surface area contributed by atoms with E-state index in [0.717, 1.165) is 38.5 Å². The Hall–Kier alpha value is -1.38. The number of aromatic nitrogens is 1. The predicted molar refractivity (Wildman–Crippen MR) is 116 cm³/mol. The maximum Gasteiger partial charge on any atom is 0.244 e. The van der Waals surface area contributed by atoms with Gasteiger partial charge in [0.25, 0.3) is 0 Å². The van der Waals surface area contributed by atoms with Gasteiger partial charge >= 0.3 is 0 Å². The van der Waals surface area contributed by atoms with Gasteiger partial charge in [0.2, 0.25) is 15.9 Å². The van der Waals surface area contributed by atoms with Crippen molar-refractivity contribution < 1.29 is 13.2 Å². The molecule has 0 radical (unpaired) electrons. The van der Waals surface area contributed by atoms with Gasteiger partial charge < -0.3 is 5.32 Å². The number of carbonyl (C=O) groups excluding carboxylic acids is 1. The van der Waals surface area contributed by atoms with Crippen LogP contribution in [0.25, 0.3) is 0 Å². The third-order valence-corrected chi connectivity index (χ3v) is 8.39. The first-order valence-electron chi connectivity index (χ1n) is 10.6. The number of hydrogen-bond acceptors (Lipinski definition) is 5. The van der Waals surface area contributed by atoms with Gasteiger partial charge in [0.1, 0.15) is 4.90 Å². The molecule has 3 rings (SSSR count). The molecule has 0 bridgehead atoms. The Labute approximate surface area is 178 Å². The summed E-state index contributed by atoms with van der Waals surface area (Å²) in [5.74, 6) is -0.0155. The molecule has 1 fully saturated rings. The van der Waals surface area contributed by atoms with Crippen molar-refractivity contribution in [1.29, 1.82) is 0 Å². The minimum atomic E-state index is -3.47. The number of rotatable bonds is 8. The summed E-state index contributed by atoms with van der Waals surface area (Å²) in [6.45, 7) is 3.66. The van der Waals surface area contributed by atoms with Crippen LogP contribution in [0.15, 0.2) is 39.9 Å². The van der Waals surface area contributed by atoms with Gasteiger partial charge in [0.15, 0.2) is 0 Å². The van der Waals surface area contributed by atoms with Crippen LogP contribution in [0.2, 0.25) is 0 Å². The van der Waals surface area contributed by atoms with E-state index in [4.69, 9.17) is 0 Å². The largest absolute Gasteiger partial charge is 0.355 e. The van der Waals surface area contributed by atoms with Crippen LogP contribution < -0.4 is 5.32 Å². The van der Waals surface area contributed by atoms with Crippen LogP contribution in [0, 0.1) is 0 Å². The van der Waals surface area contributed by atoms with E-state index in [1.54, 1.807) is 12.1 Å². The summed E-state index contributed by atoms with van der Waals surface area (Å²) in [4.78, 5) is 16.8. The SMILES string of the molecule is CC(Sc1ccc(S(=O)(=O)N2CCCCC2)cn1)C(=O)NCCC1=CCCCC1. The third kappa shape index (κ3) is 6.30. The van der Waals surface area contributed by atoms with Crippen LogP contribution >= 0.6 is 11.8 Å². The van der Waals surface area contributed by atoms with E-state index >= 15 is 0 Å². The van der Waals surface area contributed by atoms with E-state index in [0.29, 0.717) is 24.7 Å². The number of allylic oxidation sites excluding steroid dienone is 1. The molecule has 160 valence electrons. The normalized spacial score (nSPS) is 19.4. The molecule has 1 aliphatic carbocycles. The van der Waals surface area contributed by atoms with Gasteiger partial charge in [-0.05, 0) is 64.0 Å². The second-order valence-electron chi connectivity index (χ2n) is 7.71. The van der Waals surface area contributed by atoms with Crippen molar-refractivity contribution in [3.05, 3.63) is 30.0 Å². The Morgan fingerprint density at radius 1 is 1.21 bits per heavy atom. The van der Waals surface area contributed by atoms with E-state index in [1.807, 2.05) is 6.92 Å². The second kappa shape index (κ2) is 10.6. The molecule has 0 saturated carbocycles. The first-order valence-corrected chi connectivity index (χ1v) is 12.9. The van der Waals surface area contributed by atoms with Crippen molar-refractivity contribution in [3.8, 4) is 0 Å². The number of amides is 1. The lowest BCUT2D eigenvalue weighted by atomic mass is 9.97. The maximum absolute atomic E-state index is 12.7. The van der Waals surface area contributed by atoms with Gasteiger partial charge in [0.05, 0.1) is 10.3 Å². The lowest BCUT2D eigenvalue weighted by molar-refractivity contribution is -0.120. The van der Waals surface area contributed by atoms with Crippen molar-refractivity contribution >= 4 is 27.7 Å². The highest BCUT2D eigenvalue weighted by molar-refractivity contribution is 8.00. The monoisotopic (exact) mass is 437 g/mol. The molecule has 2 heterocycles. The fourth-order valence-electron chi connectivity index (χ4n) is 3.70. The average Bonchev–Trinajstić information content (AvgIpc) is 2.75. The summed E-state index contributed by atoms with van der Waals surface area (Å²) >= 11 is 1.35. The van der Waals surface area contributed by atoms with E-state index in [1.165, 1.54) is 40.7 Å². The predicted octanol–water partition coefficient (Wildman–Crippen LogP) is 3.74. The van der Waals surface area contributed by atoms with Gasteiger partial charge in [-0.2, -0.15) is 4.31 Å². The molecule has 2 aliphatic rings. The highest BCUT2D eigenvalue weighted by atomic mass is 32.2. The van der Waals surface area contributed by atoms with E-state index in [2.05, 4.69) is 16.4 Å². The van der Waals surface area contributed by atoms with Crippen LogP contribution in [0.3, 0.4) is 0 Å². The smallest absolute Gasteiger partial charge is 0.244 e. The number of piperidine rings is 1. The average molecular weight is 438 g/mol. The van der Waals surface area contributed by atoms with Gasteiger partial charge in [-0.1, -0.05) is 29.8 Å². The number of thioether (sulfide) groups is 1. The summed E-state index contributed by atoms with van der Waals surface area (Å²) < 4.78 is 26.9. The second-order valence-corrected chi connectivity index (χ2v) is 11.0. The molecule has 6 nitrogen and oxygen atoms in total. The van der Waals surface area contributed by atoms with Gasteiger partial charge in [-0.25, -0.2) is 13.4 Å². The minimum Gasteiger partial charge on any atom is -0.355 e. The Kier molecular flexibility index (Phi) is 8.15. The van der Waals surface area contributed by atoms with Crippen LogP contribution in [0.1, 0.15) is 58.3 Å². The molecular weight excluding hydrogens is 406 g/mol. The Bertz CT molecular complexity index is 816. The number of nitrogens with one attached hydrogen (secondary N) is 1. The van der Waals surface area contributed by atoms with Crippen molar-refractivity contribution in [1.82, 2.24) is 14.6 Å². The highest BCUT2D eigenvalue weighted by Crippen LogP contribution is 2.25. The van der Waals surface area contributed by atoms with Crippen LogP contribution in [0.4, 0.5) is 0 Å². The lowest BCUT2D eigenvalue weighted by Gasteiger charge is -2.25. The zero-order chi connectivity index (χ0) is 20.7. The Morgan fingerprint density at radius 3 is 2.66 bits per heavy atom. The fourth-order valence-corrected chi connectivity index (χ4v) is 5.98. The molecule has 1 aromatic rings. The van der Waals surface area contributed by atoms with E-state index in [9.17, 15) is 13.2 Å². The van der Waals surface area contributed by atoms with E-state index in [-0.39, 0.29) is 16.1 Å². The van der Waals surface area contributed by atoms with Crippen LogP contribution in [-0.4, -0.2) is 48.5 Å². The van der Waals surface area contributed by atoms with Crippen LogP contribution in [-0.2, 0) is 14.8 Å². The van der Waals surface area contributed by atoms with Crippen molar-refractivity contribution in [2.24, 2.45) is 0 Å². The quantitative estimate of drug-likeness (QED) is 0.495. The van der Waals surface area contributed by atoms with Gasteiger partial charge in [0, 0.05) is 25.8 Å². The van der Waals surface area contributed by atoms with Crippen molar-refractivity contribution in [3.63, 3.8) is 0 Å². The Balaban J connectivity index is 1.49. The number of hydrogen-bond donors (Lipinski definition) is 1. The summed E-state index contributed by atoms with van der Waals surface area (Å²) in [5, 5.41) is 3.37. The Morgan fingerprint density at radius 2 is 2.00 bits per heavy atom. The zero-order valence-corrected chi connectivity index (χ0v) is 18.7. The molecule has 1 aliphatic heterocycles. The molecular formula is C21H31N3O3S2. The van der Waals surface area contributed by atoms with Crippen LogP contribution in [0.5, 0.6) is 0 Å². The molecule has 1 unspecified atom stereocenters. The number of pyridine rings is 1. The lowest BCUT2D eigenvalue weighted by Crippen LogP contribution is -2.35. The maximum atomic E-state index is 12.7. The van der Waals surface area contributed by atoms with Crippen molar-refractivity contribution in [2.75, 3.05) is 19.6 Å². The summed E-state index contributed by atoms with van der Waals surface area (Å²) in [6, 6.07) is 3.29. The first-order chi connectivity index (χ1) is 14.0. The topological polar surface area (TPSA) is 79.4 Å². The molecule has 0 aromatic carbocycles. The summed E-state index contributed by atoms with van der Waals surface area (Å²) in [7, 11) is -3.47. The zero-order valence-electron chi connectivity index (χ0n) is 17.1. The molecule has 1 atom stereocenters. The molecule has 8 heteroatoms. The molecule has 1 N–H and O–H groups in total. The number of carbonyl (C=O) groups is 1. The van der Waals surface area contributed by atoms with Gasteiger partial charge in [-0.3, -0.25) is 4.79 Å². The first kappa shape index (κ1) is 22.3. The minimum absolute atomic E-state index is 0.0155. The number of sulfonamides is 1. The highest BCUT2D eigenvalue weighted by Gasteiger charge is 2.26. The molecule has 1 amide bonds. The molecule has 0 spiro atoms. The molecule has 1 saturated heterocycles. The van der Waals surface area contributed by atoms with Gasteiger partial charge in [-0.15, -0.1) is 0 Å². The molecule has 29 heavy (non-hydrogen) atoms. The molecule has 1 aromatic heterocycles. The summed E-state index contributed by atoms with van der Waals surface area (Å²) in [5.41, 5.74) is 1.45. The van der Waals surface area contributed by atoms with E-state index < -0.39 is 10.0 Å². The standard InChI is InChI=1S/C21H31N3O3S2/c1-17(21(25)22-13-12-18-8-4-2-5-9-18)28-20-11-10-19(16-23-20)29(26,27)24-14-6-3-7-15-24/h8,10-11,16-17H,2-7,9,12-15H2,1H3,(H,22,25). The fraction of sp³-hybridized carbons (Fsp3) is 0.619. The summed E-state index contributed by atoms with van der Waals surface area (Å²) in [6.07, 6.45) is 12.4. The van der Waals surface area contributed by atoms with Crippen molar-refractivity contribution in [2.45, 2.75) is 73.5 Å². The third-order valence-electron chi connectivity index (χ3n) is 5.46.